The Labute approximate surface area is 83.7 Å². The third-order valence-electron chi connectivity index (χ3n) is 2.14. The van der Waals surface area contributed by atoms with E-state index in [-0.39, 0.29) is 0 Å². The molecule has 1 unspecified atom stereocenters. The molecule has 1 heterocycles. The summed E-state index contributed by atoms with van der Waals surface area (Å²) < 4.78 is 7.97. The highest BCUT2D eigenvalue weighted by Gasteiger charge is 2.15. The summed E-state index contributed by atoms with van der Waals surface area (Å²) in [4.78, 5) is 2.98. The molecule has 0 saturated heterocycles. The Balaban J connectivity index is 2.88. The fraction of sp³-hybridized carbons (Fsp3) is 0.667. The van der Waals surface area contributed by atoms with Crippen LogP contribution in [0.3, 0.4) is 0 Å². The fourth-order valence-electron chi connectivity index (χ4n) is 1.36. The van der Waals surface area contributed by atoms with Crippen LogP contribution in [0, 0.1) is 10.7 Å². The number of hydrogen-bond donors (Lipinski definition) is 1. The normalized spacial score (nSPS) is 13.5. The van der Waals surface area contributed by atoms with Crippen molar-refractivity contribution in [1.82, 2.24) is 9.55 Å². The van der Waals surface area contributed by atoms with Crippen LogP contribution in [0.2, 0.25) is 0 Å². The predicted octanol–water partition coefficient (Wildman–Crippen LogP) is 2.39. The molecule has 0 fully saturated rings. The van der Waals surface area contributed by atoms with Gasteiger partial charge in [-0.15, -0.1) is 0 Å². The van der Waals surface area contributed by atoms with Crippen molar-refractivity contribution in [2.45, 2.75) is 19.9 Å². The van der Waals surface area contributed by atoms with E-state index in [1.54, 1.807) is 7.11 Å². The van der Waals surface area contributed by atoms with Crippen molar-refractivity contribution in [2.75, 3.05) is 13.7 Å². The van der Waals surface area contributed by atoms with Gasteiger partial charge in [-0.05, 0) is 18.1 Å². The van der Waals surface area contributed by atoms with Gasteiger partial charge in [0.1, 0.15) is 0 Å². The number of rotatable bonds is 4. The maximum Gasteiger partial charge on any atom is 0.177 e. The Morgan fingerprint density at radius 1 is 1.62 bits per heavy atom. The number of imidazole rings is 1. The smallest absolute Gasteiger partial charge is 0.177 e. The molecule has 0 aromatic carbocycles. The zero-order valence-corrected chi connectivity index (χ0v) is 9.10. The summed E-state index contributed by atoms with van der Waals surface area (Å²) >= 11 is 5.15. The Bertz CT molecular complexity index is 303. The number of ether oxygens (including phenoxy) is 1. The molecule has 1 atom stereocenters. The molecular weight excluding hydrogens is 184 g/mol. The SMILES string of the molecule is COCC(C(C)C)n1cc[nH]c1=S. The standard InChI is InChI=1S/C9H16N2OS/c1-7(2)8(6-12-3)11-5-4-10-9(11)13/h4-5,7-8H,6H2,1-3H3,(H,10,13). The summed E-state index contributed by atoms with van der Waals surface area (Å²) in [5.74, 6) is 0.516. The van der Waals surface area contributed by atoms with Crippen molar-refractivity contribution in [1.29, 1.82) is 0 Å². The lowest BCUT2D eigenvalue weighted by molar-refractivity contribution is 0.132. The number of methoxy groups -OCH3 is 1. The van der Waals surface area contributed by atoms with Crippen LogP contribution in [0.15, 0.2) is 12.4 Å². The van der Waals surface area contributed by atoms with Crippen LogP contribution in [0.25, 0.3) is 0 Å². The molecule has 0 aliphatic carbocycles. The largest absolute Gasteiger partial charge is 0.383 e. The van der Waals surface area contributed by atoms with E-state index in [9.17, 15) is 0 Å². The second-order valence-electron chi connectivity index (χ2n) is 3.44. The van der Waals surface area contributed by atoms with Crippen LogP contribution >= 0.6 is 12.2 Å². The van der Waals surface area contributed by atoms with E-state index in [0.29, 0.717) is 18.6 Å². The molecule has 0 amide bonds. The van der Waals surface area contributed by atoms with E-state index in [1.807, 2.05) is 17.0 Å². The van der Waals surface area contributed by atoms with Crippen LogP contribution in [-0.2, 0) is 4.74 Å². The summed E-state index contributed by atoms with van der Waals surface area (Å²) in [7, 11) is 1.71. The summed E-state index contributed by atoms with van der Waals surface area (Å²) in [5.41, 5.74) is 0. The Hall–Kier alpha value is -0.610. The van der Waals surface area contributed by atoms with Crippen molar-refractivity contribution in [3.05, 3.63) is 17.2 Å². The van der Waals surface area contributed by atoms with E-state index in [2.05, 4.69) is 18.8 Å². The predicted molar refractivity (Wildman–Crippen MR) is 55.4 cm³/mol. The zero-order valence-electron chi connectivity index (χ0n) is 8.28. The first-order chi connectivity index (χ1) is 6.16. The van der Waals surface area contributed by atoms with Crippen LogP contribution in [0.5, 0.6) is 0 Å². The molecule has 4 heteroatoms. The first kappa shape index (κ1) is 10.5. The molecule has 0 saturated carbocycles. The molecule has 1 aromatic rings. The molecule has 3 nitrogen and oxygen atoms in total. The molecule has 1 aromatic heterocycles. The minimum atomic E-state index is 0.323. The van der Waals surface area contributed by atoms with Gasteiger partial charge in [-0.1, -0.05) is 13.8 Å². The van der Waals surface area contributed by atoms with Crippen LogP contribution < -0.4 is 0 Å². The molecule has 0 aliphatic heterocycles. The highest BCUT2D eigenvalue weighted by atomic mass is 32.1. The van der Waals surface area contributed by atoms with Crippen LogP contribution in [-0.4, -0.2) is 23.3 Å². The average molecular weight is 200 g/mol. The van der Waals surface area contributed by atoms with Crippen LogP contribution in [0.4, 0.5) is 0 Å². The van der Waals surface area contributed by atoms with Gasteiger partial charge in [0.25, 0.3) is 0 Å². The number of hydrogen-bond acceptors (Lipinski definition) is 2. The van der Waals surface area contributed by atoms with Gasteiger partial charge >= 0.3 is 0 Å². The van der Waals surface area contributed by atoms with Crippen molar-refractivity contribution in [3.63, 3.8) is 0 Å². The number of H-pyrrole nitrogens is 1. The van der Waals surface area contributed by atoms with Gasteiger partial charge in [0.2, 0.25) is 0 Å². The summed E-state index contributed by atoms with van der Waals surface area (Å²) in [6.07, 6.45) is 3.82. The quantitative estimate of drug-likeness (QED) is 0.756. The van der Waals surface area contributed by atoms with Crippen LogP contribution in [0.1, 0.15) is 19.9 Å². The highest BCUT2D eigenvalue weighted by molar-refractivity contribution is 7.71. The first-order valence-corrected chi connectivity index (χ1v) is 4.82. The molecule has 1 rings (SSSR count). The lowest BCUT2D eigenvalue weighted by Gasteiger charge is -2.21. The van der Waals surface area contributed by atoms with Gasteiger partial charge in [0.15, 0.2) is 4.77 Å². The van der Waals surface area contributed by atoms with Crippen molar-refractivity contribution >= 4 is 12.2 Å². The van der Waals surface area contributed by atoms with Gasteiger partial charge in [-0.25, -0.2) is 0 Å². The molecular formula is C9H16N2OS. The minimum Gasteiger partial charge on any atom is -0.383 e. The third kappa shape index (κ3) is 2.42. The van der Waals surface area contributed by atoms with Crippen molar-refractivity contribution < 1.29 is 4.74 Å². The number of aromatic amines is 1. The van der Waals surface area contributed by atoms with E-state index >= 15 is 0 Å². The Morgan fingerprint density at radius 3 is 2.69 bits per heavy atom. The number of nitrogens with one attached hydrogen (secondary N) is 1. The molecule has 13 heavy (non-hydrogen) atoms. The van der Waals surface area contributed by atoms with Gasteiger partial charge in [-0.2, -0.15) is 0 Å². The van der Waals surface area contributed by atoms with Crippen molar-refractivity contribution in [3.8, 4) is 0 Å². The van der Waals surface area contributed by atoms with Gasteiger partial charge in [0, 0.05) is 19.5 Å². The minimum absolute atomic E-state index is 0.323. The van der Waals surface area contributed by atoms with Gasteiger partial charge in [0.05, 0.1) is 12.6 Å². The average Bonchev–Trinajstić information content (AvgIpc) is 2.47. The summed E-state index contributed by atoms with van der Waals surface area (Å²) in [6.45, 7) is 5.03. The lowest BCUT2D eigenvalue weighted by Crippen LogP contribution is -2.19. The van der Waals surface area contributed by atoms with E-state index in [4.69, 9.17) is 17.0 Å². The Morgan fingerprint density at radius 2 is 2.31 bits per heavy atom. The molecule has 0 bridgehead atoms. The molecule has 0 aliphatic rings. The summed E-state index contributed by atoms with van der Waals surface area (Å²) in [6, 6.07) is 0.323. The highest BCUT2D eigenvalue weighted by Crippen LogP contribution is 2.17. The second-order valence-corrected chi connectivity index (χ2v) is 3.83. The third-order valence-corrected chi connectivity index (χ3v) is 2.47. The van der Waals surface area contributed by atoms with E-state index in [0.717, 1.165) is 4.77 Å². The number of nitrogens with zero attached hydrogens (tertiary/aromatic N) is 1. The van der Waals surface area contributed by atoms with E-state index in [1.165, 1.54) is 0 Å². The second kappa shape index (κ2) is 4.58. The zero-order chi connectivity index (χ0) is 9.84. The molecule has 0 spiro atoms. The van der Waals surface area contributed by atoms with Gasteiger partial charge in [-0.3, -0.25) is 0 Å². The topological polar surface area (TPSA) is 29.9 Å². The Kier molecular flexibility index (Phi) is 3.69. The fourth-order valence-corrected chi connectivity index (χ4v) is 1.62. The molecule has 0 radical (unpaired) electrons. The maximum atomic E-state index is 5.16. The number of aromatic nitrogens is 2. The van der Waals surface area contributed by atoms with E-state index < -0.39 is 0 Å². The summed E-state index contributed by atoms with van der Waals surface area (Å²) in [5, 5.41) is 0. The molecule has 1 N–H and O–H groups in total. The monoisotopic (exact) mass is 200 g/mol. The van der Waals surface area contributed by atoms with Crippen molar-refractivity contribution in [2.24, 2.45) is 5.92 Å². The lowest BCUT2D eigenvalue weighted by atomic mass is 10.1. The van der Waals surface area contributed by atoms with Gasteiger partial charge < -0.3 is 14.3 Å². The first-order valence-electron chi connectivity index (χ1n) is 4.41. The molecule has 74 valence electrons. The maximum absolute atomic E-state index is 5.16.